The monoisotopic (exact) mass is 388 g/mol. The summed E-state index contributed by atoms with van der Waals surface area (Å²) in [7, 11) is 1.68. The van der Waals surface area contributed by atoms with Crippen LogP contribution in [0.15, 0.2) is 24.3 Å². The van der Waals surface area contributed by atoms with Crippen molar-refractivity contribution in [3.8, 4) is 5.75 Å². The molecule has 0 bridgehead atoms. The fourth-order valence-corrected chi connectivity index (χ4v) is 3.77. The maximum atomic E-state index is 13.0. The predicted molar refractivity (Wildman–Crippen MR) is 112 cm³/mol. The Morgan fingerprint density at radius 3 is 2.21 bits per heavy atom. The minimum Gasteiger partial charge on any atom is -0.497 e. The summed E-state index contributed by atoms with van der Waals surface area (Å²) in [5.41, 5.74) is 1.31. The lowest BCUT2D eigenvalue weighted by Crippen LogP contribution is -2.53. The Balaban J connectivity index is 1.87. The van der Waals surface area contributed by atoms with Crippen molar-refractivity contribution < 1.29 is 14.3 Å². The molecule has 0 aliphatic carbocycles. The number of piperidine rings is 1. The Kier molecular flexibility index (Phi) is 8.34. The van der Waals surface area contributed by atoms with E-state index in [-0.39, 0.29) is 23.7 Å². The molecule has 28 heavy (non-hydrogen) atoms. The lowest BCUT2D eigenvalue weighted by Gasteiger charge is -2.35. The molecule has 1 unspecified atom stereocenters. The van der Waals surface area contributed by atoms with Gasteiger partial charge in [0.1, 0.15) is 11.8 Å². The minimum absolute atomic E-state index is 0.0311. The van der Waals surface area contributed by atoms with Crippen LogP contribution >= 0.6 is 0 Å². The molecule has 2 amide bonds. The minimum atomic E-state index is -0.426. The topological polar surface area (TPSA) is 58.6 Å². The number of carbonyl (C=O) groups excluding carboxylic acids is 2. The van der Waals surface area contributed by atoms with Crippen LogP contribution in [0.5, 0.6) is 5.75 Å². The van der Waals surface area contributed by atoms with Gasteiger partial charge in [0.25, 0.3) is 0 Å². The standard InChI is InChI=1S/C23H36N2O3/c1-16(2)14-21(26)24-22(17(3)4)23(27)25-12-10-19(11-13-25)15-18-6-8-20(28-5)9-7-18/h6-9,16-17,19,22H,10-15H2,1-5H3,(H,24,26). The van der Waals surface area contributed by atoms with E-state index in [2.05, 4.69) is 17.4 Å². The van der Waals surface area contributed by atoms with Gasteiger partial charge in [-0.1, -0.05) is 39.8 Å². The number of benzene rings is 1. The number of amides is 2. The number of methoxy groups -OCH3 is 1. The number of carbonyl (C=O) groups is 2. The van der Waals surface area contributed by atoms with Gasteiger partial charge in [0, 0.05) is 19.5 Å². The molecular formula is C23H36N2O3. The molecule has 1 aliphatic rings. The third-order valence-corrected chi connectivity index (χ3v) is 5.45. The molecule has 0 aromatic heterocycles. The first-order chi connectivity index (χ1) is 13.3. The predicted octanol–water partition coefficient (Wildman–Crippen LogP) is 3.66. The van der Waals surface area contributed by atoms with Gasteiger partial charge in [-0.3, -0.25) is 9.59 Å². The van der Waals surface area contributed by atoms with Gasteiger partial charge in [-0.25, -0.2) is 0 Å². The van der Waals surface area contributed by atoms with Crippen LogP contribution in [0.25, 0.3) is 0 Å². The van der Waals surface area contributed by atoms with Crippen molar-refractivity contribution in [1.82, 2.24) is 10.2 Å². The van der Waals surface area contributed by atoms with Gasteiger partial charge in [-0.15, -0.1) is 0 Å². The zero-order valence-electron chi connectivity index (χ0n) is 18.0. The van der Waals surface area contributed by atoms with Crippen LogP contribution in [0, 0.1) is 17.8 Å². The summed E-state index contributed by atoms with van der Waals surface area (Å²) in [5, 5.41) is 2.96. The Morgan fingerprint density at radius 2 is 1.71 bits per heavy atom. The molecule has 0 saturated carbocycles. The van der Waals surface area contributed by atoms with E-state index in [1.165, 1.54) is 5.56 Å². The molecule has 5 nitrogen and oxygen atoms in total. The molecular weight excluding hydrogens is 352 g/mol. The van der Waals surface area contributed by atoms with Gasteiger partial charge in [0.05, 0.1) is 7.11 Å². The quantitative estimate of drug-likeness (QED) is 0.739. The van der Waals surface area contributed by atoms with Crippen molar-refractivity contribution in [2.24, 2.45) is 17.8 Å². The van der Waals surface area contributed by atoms with Crippen molar-refractivity contribution in [3.05, 3.63) is 29.8 Å². The van der Waals surface area contributed by atoms with Gasteiger partial charge < -0.3 is 15.0 Å². The highest BCUT2D eigenvalue weighted by molar-refractivity contribution is 5.88. The van der Waals surface area contributed by atoms with E-state index in [4.69, 9.17) is 4.74 Å². The first-order valence-electron chi connectivity index (χ1n) is 10.5. The molecule has 1 aliphatic heterocycles. The van der Waals surface area contributed by atoms with Crippen LogP contribution in [0.4, 0.5) is 0 Å². The maximum absolute atomic E-state index is 13.0. The zero-order valence-corrected chi connectivity index (χ0v) is 18.0. The summed E-state index contributed by atoms with van der Waals surface area (Å²) in [4.78, 5) is 27.1. The number of hydrogen-bond acceptors (Lipinski definition) is 3. The number of rotatable bonds is 8. The molecule has 1 heterocycles. The van der Waals surface area contributed by atoms with E-state index >= 15 is 0 Å². The molecule has 156 valence electrons. The smallest absolute Gasteiger partial charge is 0.245 e. The summed E-state index contributed by atoms with van der Waals surface area (Å²) in [6, 6.07) is 7.82. The van der Waals surface area contributed by atoms with Crippen LogP contribution in [0.3, 0.4) is 0 Å². The van der Waals surface area contributed by atoms with Gasteiger partial charge >= 0.3 is 0 Å². The molecule has 1 atom stereocenters. The SMILES string of the molecule is COc1ccc(CC2CCN(C(=O)C(NC(=O)CC(C)C)C(C)C)CC2)cc1. The van der Waals surface area contributed by atoms with Crippen molar-refractivity contribution in [1.29, 1.82) is 0 Å². The van der Waals surface area contributed by atoms with Crippen LogP contribution in [-0.2, 0) is 16.0 Å². The molecule has 1 N–H and O–H groups in total. The highest BCUT2D eigenvalue weighted by atomic mass is 16.5. The van der Waals surface area contributed by atoms with E-state index in [1.54, 1.807) is 7.11 Å². The largest absolute Gasteiger partial charge is 0.497 e. The van der Waals surface area contributed by atoms with Gasteiger partial charge in [0.2, 0.25) is 11.8 Å². The second-order valence-corrected chi connectivity index (χ2v) is 8.71. The maximum Gasteiger partial charge on any atom is 0.245 e. The first-order valence-corrected chi connectivity index (χ1v) is 10.5. The third-order valence-electron chi connectivity index (χ3n) is 5.45. The van der Waals surface area contributed by atoms with E-state index in [0.29, 0.717) is 12.3 Å². The number of ether oxygens (including phenoxy) is 1. The highest BCUT2D eigenvalue weighted by Crippen LogP contribution is 2.24. The van der Waals surface area contributed by atoms with Crippen molar-refractivity contribution >= 4 is 11.8 Å². The summed E-state index contributed by atoms with van der Waals surface area (Å²) < 4.78 is 5.22. The molecule has 1 aromatic carbocycles. The van der Waals surface area contributed by atoms with E-state index in [9.17, 15) is 9.59 Å². The molecule has 1 fully saturated rings. The van der Waals surface area contributed by atoms with Crippen molar-refractivity contribution in [3.63, 3.8) is 0 Å². The number of likely N-dealkylation sites (tertiary alicyclic amines) is 1. The normalized spacial score (nSPS) is 16.3. The average Bonchev–Trinajstić information content (AvgIpc) is 2.66. The Bertz CT molecular complexity index is 632. The van der Waals surface area contributed by atoms with Crippen molar-refractivity contribution in [2.75, 3.05) is 20.2 Å². The van der Waals surface area contributed by atoms with E-state index in [1.807, 2.05) is 44.7 Å². The molecule has 1 aromatic rings. The Morgan fingerprint density at radius 1 is 1.11 bits per heavy atom. The third kappa shape index (κ3) is 6.54. The van der Waals surface area contributed by atoms with E-state index in [0.717, 1.165) is 38.1 Å². The zero-order chi connectivity index (χ0) is 20.7. The Labute approximate surface area is 169 Å². The lowest BCUT2D eigenvalue weighted by atomic mass is 9.89. The first kappa shape index (κ1) is 22.3. The molecule has 1 saturated heterocycles. The van der Waals surface area contributed by atoms with Crippen LogP contribution in [0.1, 0.15) is 52.5 Å². The molecule has 0 spiro atoms. The van der Waals surface area contributed by atoms with Crippen LogP contribution < -0.4 is 10.1 Å². The molecule has 0 radical (unpaired) electrons. The van der Waals surface area contributed by atoms with Gasteiger partial charge in [0.15, 0.2) is 0 Å². The van der Waals surface area contributed by atoms with E-state index < -0.39 is 6.04 Å². The summed E-state index contributed by atoms with van der Waals surface area (Å²) in [6.07, 6.45) is 3.50. The number of nitrogens with zero attached hydrogens (tertiary/aromatic N) is 1. The second-order valence-electron chi connectivity index (χ2n) is 8.71. The highest BCUT2D eigenvalue weighted by Gasteiger charge is 2.31. The van der Waals surface area contributed by atoms with Crippen LogP contribution in [-0.4, -0.2) is 43.0 Å². The van der Waals surface area contributed by atoms with Crippen molar-refractivity contribution in [2.45, 2.75) is 59.4 Å². The Hall–Kier alpha value is -2.04. The summed E-state index contributed by atoms with van der Waals surface area (Å²) in [6.45, 7) is 9.55. The van der Waals surface area contributed by atoms with Gasteiger partial charge in [-0.05, 0) is 54.7 Å². The average molecular weight is 389 g/mol. The van der Waals surface area contributed by atoms with Gasteiger partial charge in [-0.2, -0.15) is 0 Å². The molecule has 2 rings (SSSR count). The fourth-order valence-electron chi connectivity index (χ4n) is 3.77. The fraction of sp³-hybridized carbons (Fsp3) is 0.652. The van der Waals surface area contributed by atoms with Crippen LogP contribution in [0.2, 0.25) is 0 Å². The number of hydrogen-bond donors (Lipinski definition) is 1. The second kappa shape index (κ2) is 10.5. The summed E-state index contributed by atoms with van der Waals surface area (Å²) >= 11 is 0. The number of nitrogens with one attached hydrogen (secondary N) is 1. The lowest BCUT2D eigenvalue weighted by molar-refractivity contribution is -0.139. The summed E-state index contributed by atoms with van der Waals surface area (Å²) in [5.74, 6) is 1.87. The molecule has 5 heteroatoms.